The minimum atomic E-state index is -0.621. The number of methoxy groups -OCH3 is 1. The molecule has 1 aromatic rings. The molecule has 5 atom stereocenters. The molecule has 27 heavy (non-hydrogen) atoms. The van der Waals surface area contributed by atoms with Crippen molar-refractivity contribution >= 4 is 17.6 Å². The largest absolute Gasteiger partial charge is 0.497 e. The standard InChI is InChI=1S/C21H24N2O4/c1-12-13-7-9-23-10-8-21(15-5-3-4-6-16(15)22-20(21)25)18(23)17(13)14(11-27-12)19(24)26-2/h3-6,11-13,17-18H,7-10H2,1-2H3,(H,22,25)/t12-,13-,17-,18-,21+/m0/s1. The van der Waals surface area contributed by atoms with Gasteiger partial charge in [-0.25, -0.2) is 4.79 Å². The fraction of sp³-hybridized carbons (Fsp3) is 0.524. The maximum Gasteiger partial charge on any atom is 0.337 e. The zero-order valence-electron chi connectivity index (χ0n) is 15.6. The number of fused-ring (bicyclic) bond motifs is 6. The van der Waals surface area contributed by atoms with Crippen molar-refractivity contribution in [3.63, 3.8) is 0 Å². The molecule has 5 rings (SSSR count). The lowest BCUT2D eigenvalue weighted by Gasteiger charge is -2.50. The number of benzene rings is 1. The number of carbonyl (C=O) groups is 2. The minimum absolute atomic E-state index is 0.0166. The van der Waals surface area contributed by atoms with Gasteiger partial charge in [0.2, 0.25) is 5.91 Å². The summed E-state index contributed by atoms with van der Waals surface area (Å²) in [4.78, 5) is 28.3. The second-order valence-corrected chi connectivity index (χ2v) is 8.09. The molecule has 0 aromatic heterocycles. The molecule has 1 aromatic carbocycles. The molecule has 4 heterocycles. The third kappa shape index (κ3) is 2.10. The van der Waals surface area contributed by atoms with Crippen molar-refractivity contribution in [1.82, 2.24) is 4.90 Å². The van der Waals surface area contributed by atoms with Gasteiger partial charge >= 0.3 is 5.97 Å². The van der Waals surface area contributed by atoms with E-state index in [-0.39, 0.29) is 35.9 Å². The SMILES string of the molecule is COC(=O)C1=CO[C@@H](C)[C@@H]2CCN3CC[C@]4(C(=O)Nc5ccccc54)[C@@H]3[C@H]12. The number of rotatable bonds is 1. The van der Waals surface area contributed by atoms with Crippen molar-refractivity contribution in [3.05, 3.63) is 41.7 Å². The van der Waals surface area contributed by atoms with Crippen molar-refractivity contribution < 1.29 is 19.1 Å². The van der Waals surface area contributed by atoms with Crippen LogP contribution in [-0.4, -0.2) is 49.1 Å². The average Bonchev–Trinajstić information content (AvgIpc) is 3.21. The second kappa shape index (κ2) is 5.83. The van der Waals surface area contributed by atoms with Crippen LogP contribution in [0, 0.1) is 11.8 Å². The number of anilines is 1. The van der Waals surface area contributed by atoms with E-state index in [1.54, 1.807) is 6.26 Å². The number of hydrogen-bond acceptors (Lipinski definition) is 5. The molecule has 4 aliphatic rings. The van der Waals surface area contributed by atoms with Crippen LogP contribution >= 0.6 is 0 Å². The Morgan fingerprint density at radius 1 is 1.33 bits per heavy atom. The first-order chi connectivity index (χ1) is 13.1. The van der Waals surface area contributed by atoms with Gasteiger partial charge in [0.15, 0.2) is 0 Å². The summed E-state index contributed by atoms with van der Waals surface area (Å²) >= 11 is 0. The van der Waals surface area contributed by atoms with Crippen LogP contribution in [0.5, 0.6) is 0 Å². The molecule has 0 bridgehead atoms. The number of amides is 1. The lowest BCUT2D eigenvalue weighted by atomic mass is 9.62. The van der Waals surface area contributed by atoms with Gasteiger partial charge in [-0.3, -0.25) is 9.69 Å². The first kappa shape index (κ1) is 16.8. The summed E-state index contributed by atoms with van der Waals surface area (Å²) in [6.45, 7) is 3.84. The van der Waals surface area contributed by atoms with Gasteiger partial charge in [0, 0.05) is 23.6 Å². The maximum atomic E-state index is 13.3. The fourth-order valence-electron chi connectivity index (χ4n) is 5.90. The minimum Gasteiger partial charge on any atom is -0.497 e. The quantitative estimate of drug-likeness (QED) is 0.769. The van der Waals surface area contributed by atoms with Crippen LogP contribution in [0.15, 0.2) is 36.1 Å². The van der Waals surface area contributed by atoms with Crippen LogP contribution in [0.25, 0.3) is 0 Å². The van der Waals surface area contributed by atoms with Gasteiger partial charge in [-0.15, -0.1) is 0 Å². The van der Waals surface area contributed by atoms with E-state index in [1.807, 2.05) is 18.2 Å². The number of carbonyl (C=O) groups excluding carboxylic acids is 2. The van der Waals surface area contributed by atoms with Gasteiger partial charge in [0.05, 0.1) is 30.5 Å². The summed E-state index contributed by atoms with van der Waals surface area (Å²) in [5.74, 6) is -0.178. The lowest BCUT2D eigenvalue weighted by Crippen LogP contribution is -2.59. The molecule has 6 heteroatoms. The Bertz CT molecular complexity index is 850. The maximum absolute atomic E-state index is 13.3. The van der Waals surface area contributed by atoms with Crippen molar-refractivity contribution in [1.29, 1.82) is 0 Å². The van der Waals surface area contributed by atoms with Crippen LogP contribution in [0.3, 0.4) is 0 Å². The molecule has 2 saturated heterocycles. The Balaban J connectivity index is 1.68. The summed E-state index contributed by atoms with van der Waals surface area (Å²) in [5, 5.41) is 3.10. The zero-order valence-corrected chi connectivity index (χ0v) is 15.6. The molecular formula is C21H24N2O4. The van der Waals surface area contributed by atoms with Crippen LogP contribution in [-0.2, 0) is 24.5 Å². The van der Waals surface area contributed by atoms with Crippen LogP contribution in [0.1, 0.15) is 25.3 Å². The van der Waals surface area contributed by atoms with Crippen molar-refractivity contribution in [2.24, 2.45) is 11.8 Å². The summed E-state index contributed by atoms with van der Waals surface area (Å²) in [6, 6.07) is 7.91. The average molecular weight is 368 g/mol. The molecule has 0 radical (unpaired) electrons. The number of piperidine rings is 1. The highest BCUT2D eigenvalue weighted by Crippen LogP contribution is 2.55. The molecule has 1 spiro atoms. The Labute approximate surface area is 158 Å². The molecule has 4 aliphatic heterocycles. The van der Waals surface area contributed by atoms with E-state index in [2.05, 4.69) is 23.2 Å². The molecule has 142 valence electrons. The first-order valence-corrected chi connectivity index (χ1v) is 9.67. The topological polar surface area (TPSA) is 67.9 Å². The van der Waals surface area contributed by atoms with E-state index < -0.39 is 5.41 Å². The molecule has 2 fully saturated rings. The van der Waals surface area contributed by atoms with Crippen molar-refractivity contribution in [2.45, 2.75) is 37.3 Å². The summed E-state index contributed by atoms with van der Waals surface area (Å²) < 4.78 is 10.9. The molecule has 0 unspecified atom stereocenters. The van der Waals surface area contributed by atoms with Gasteiger partial charge < -0.3 is 14.8 Å². The van der Waals surface area contributed by atoms with E-state index in [9.17, 15) is 9.59 Å². The predicted molar refractivity (Wildman–Crippen MR) is 99.0 cm³/mol. The number of ether oxygens (including phenoxy) is 2. The molecular weight excluding hydrogens is 344 g/mol. The molecule has 1 N–H and O–H groups in total. The molecule has 0 aliphatic carbocycles. The van der Waals surface area contributed by atoms with Crippen molar-refractivity contribution in [3.8, 4) is 0 Å². The highest BCUT2D eigenvalue weighted by molar-refractivity contribution is 6.07. The molecule has 6 nitrogen and oxygen atoms in total. The highest BCUT2D eigenvalue weighted by Gasteiger charge is 2.64. The van der Waals surface area contributed by atoms with Crippen molar-refractivity contribution in [2.75, 3.05) is 25.5 Å². The first-order valence-electron chi connectivity index (χ1n) is 9.67. The predicted octanol–water partition coefficient (Wildman–Crippen LogP) is 2.06. The smallest absolute Gasteiger partial charge is 0.337 e. The van der Waals surface area contributed by atoms with Gasteiger partial charge in [-0.05, 0) is 44.5 Å². The summed E-state index contributed by atoms with van der Waals surface area (Å²) in [5.41, 5.74) is 1.90. The number of para-hydroxylation sites is 1. The van der Waals surface area contributed by atoms with E-state index in [4.69, 9.17) is 9.47 Å². The Morgan fingerprint density at radius 2 is 2.15 bits per heavy atom. The Kier molecular flexibility index (Phi) is 3.63. The van der Waals surface area contributed by atoms with E-state index in [0.29, 0.717) is 5.57 Å². The van der Waals surface area contributed by atoms with Crippen LogP contribution in [0.2, 0.25) is 0 Å². The monoisotopic (exact) mass is 368 g/mol. The number of esters is 1. The number of hydrogen-bond donors (Lipinski definition) is 1. The normalized spacial score (nSPS) is 37.0. The Hall–Kier alpha value is -2.34. The molecule has 0 saturated carbocycles. The van der Waals surface area contributed by atoms with Crippen LogP contribution < -0.4 is 5.32 Å². The summed E-state index contributed by atoms with van der Waals surface area (Å²) in [6.07, 6.45) is 3.32. The van der Waals surface area contributed by atoms with Gasteiger partial charge in [0.25, 0.3) is 0 Å². The van der Waals surface area contributed by atoms with E-state index in [1.165, 1.54) is 7.11 Å². The van der Waals surface area contributed by atoms with E-state index in [0.717, 1.165) is 37.2 Å². The van der Waals surface area contributed by atoms with E-state index >= 15 is 0 Å². The molecule has 1 amide bonds. The zero-order chi connectivity index (χ0) is 18.8. The highest BCUT2D eigenvalue weighted by atomic mass is 16.5. The fourth-order valence-corrected chi connectivity index (χ4v) is 5.90. The van der Waals surface area contributed by atoms with Gasteiger partial charge in [0.1, 0.15) is 0 Å². The number of nitrogens with zero attached hydrogens (tertiary/aromatic N) is 1. The van der Waals surface area contributed by atoms with Crippen LogP contribution in [0.4, 0.5) is 5.69 Å². The second-order valence-electron chi connectivity index (χ2n) is 8.09. The van der Waals surface area contributed by atoms with Gasteiger partial charge in [-0.1, -0.05) is 18.2 Å². The lowest BCUT2D eigenvalue weighted by molar-refractivity contribution is -0.140. The third-order valence-electron chi connectivity index (χ3n) is 7.10. The number of nitrogens with one attached hydrogen (secondary N) is 1. The van der Waals surface area contributed by atoms with Gasteiger partial charge in [-0.2, -0.15) is 0 Å². The Morgan fingerprint density at radius 3 is 2.96 bits per heavy atom. The third-order valence-corrected chi connectivity index (χ3v) is 7.10. The summed E-state index contributed by atoms with van der Waals surface area (Å²) in [7, 11) is 1.40.